The summed E-state index contributed by atoms with van der Waals surface area (Å²) in [7, 11) is 0. The fraction of sp³-hybridized carbons (Fsp3) is 0.650. The van der Waals surface area contributed by atoms with Crippen molar-refractivity contribution in [3.8, 4) is 0 Å². The SMILES string of the molecule is Cc1c(CN2CCNC2=O)sc2c1c(=O)n(CC1(C)CC1)c(=O)n2CC1CC1(F)F. The molecule has 3 heterocycles. The molecule has 162 valence electrons. The molecule has 3 aliphatic rings. The summed E-state index contributed by atoms with van der Waals surface area (Å²) in [5, 5.41) is 3.17. The predicted molar refractivity (Wildman–Crippen MR) is 109 cm³/mol. The molecule has 1 unspecified atom stereocenters. The van der Waals surface area contributed by atoms with Crippen LogP contribution in [0, 0.1) is 18.3 Å². The van der Waals surface area contributed by atoms with Gasteiger partial charge in [0.15, 0.2) is 0 Å². The second-order valence-corrected chi connectivity index (χ2v) is 10.3. The zero-order valence-electron chi connectivity index (χ0n) is 17.0. The van der Waals surface area contributed by atoms with Gasteiger partial charge in [-0.1, -0.05) is 6.92 Å². The van der Waals surface area contributed by atoms with Gasteiger partial charge in [-0.2, -0.15) is 0 Å². The number of amides is 2. The van der Waals surface area contributed by atoms with Gasteiger partial charge in [-0.15, -0.1) is 11.3 Å². The second kappa shape index (κ2) is 6.38. The van der Waals surface area contributed by atoms with E-state index in [1.54, 1.807) is 4.90 Å². The average molecular weight is 439 g/mol. The van der Waals surface area contributed by atoms with Gasteiger partial charge < -0.3 is 10.2 Å². The first-order chi connectivity index (χ1) is 14.1. The van der Waals surface area contributed by atoms with Crippen molar-refractivity contribution in [2.24, 2.45) is 11.3 Å². The molecule has 1 atom stereocenters. The van der Waals surface area contributed by atoms with Crippen LogP contribution in [0.1, 0.15) is 36.6 Å². The van der Waals surface area contributed by atoms with Crippen molar-refractivity contribution in [1.29, 1.82) is 0 Å². The summed E-state index contributed by atoms with van der Waals surface area (Å²) < 4.78 is 29.9. The molecule has 1 N–H and O–H groups in total. The third kappa shape index (κ3) is 3.16. The van der Waals surface area contributed by atoms with Crippen LogP contribution < -0.4 is 16.6 Å². The number of alkyl halides is 2. The summed E-state index contributed by atoms with van der Waals surface area (Å²) >= 11 is 1.26. The molecule has 0 aromatic carbocycles. The first kappa shape index (κ1) is 19.7. The lowest BCUT2D eigenvalue weighted by Crippen LogP contribution is -2.41. The van der Waals surface area contributed by atoms with E-state index in [9.17, 15) is 23.2 Å². The van der Waals surface area contributed by atoms with E-state index in [1.807, 2.05) is 13.8 Å². The van der Waals surface area contributed by atoms with E-state index in [2.05, 4.69) is 5.32 Å². The summed E-state index contributed by atoms with van der Waals surface area (Å²) in [6.07, 6.45) is 1.65. The number of aryl methyl sites for hydroxylation is 1. The third-order valence-electron chi connectivity index (χ3n) is 6.67. The lowest BCUT2D eigenvalue weighted by molar-refractivity contribution is 0.0950. The van der Waals surface area contributed by atoms with Crippen LogP contribution in [0.3, 0.4) is 0 Å². The van der Waals surface area contributed by atoms with Gasteiger partial charge in [0.25, 0.3) is 11.5 Å². The van der Waals surface area contributed by atoms with Crippen molar-refractivity contribution >= 4 is 27.6 Å². The first-order valence-electron chi connectivity index (χ1n) is 10.3. The second-order valence-electron chi connectivity index (χ2n) is 9.24. The van der Waals surface area contributed by atoms with E-state index < -0.39 is 17.5 Å². The van der Waals surface area contributed by atoms with Gasteiger partial charge in [-0.25, -0.2) is 18.4 Å². The van der Waals surface area contributed by atoms with Crippen LogP contribution in [0.5, 0.6) is 0 Å². The monoisotopic (exact) mass is 438 g/mol. The number of thiophene rings is 1. The van der Waals surface area contributed by atoms with E-state index in [0.717, 1.165) is 23.3 Å². The molecule has 5 rings (SSSR count). The summed E-state index contributed by atoms with van der Waals surface area (Å²) in [6, 6.07) is -0.166. The van der Waals surface area contributed by atoms with Crippen LogP contribution in [0.25, 0.3) is 10.2 Å². The number of hydrogen-bond donors (Lipinski definition) is 1. The van der Waals surface area contributed by atoms with Crippen LogP contribution in [0.2, 0.25) is 0 Å². The van der Waals surface area contributed by atoms with Gasteiger partial charge in [-0.3, -0.25) is 13.9 Å². The minimum Gasteiger partial charge on any atom is -0.336 e. The van der Waals surface area contributed by atoms with Crippen molar-refractivity contribution in [3.63, 3.8) is 0 Å². The fourth-order valence-electron chi connectivity index (χ4n) is 4.17. The van der Waals surface area contributed by atoms with E-state index in [1.165, 1.54) is 20.5 Å². The Bertz CT molecular complexity index is 1180. The zero-order chi connectivity index (χ0) is 21.4. The number of nitrogens with zero attached hydrogens (tertiary/aromatic N) is 3. The highest BCUT2D eigenvalue weighted by atomic mass is 32.1. The molecule has 0 bridgehead atoms. The van der Waals surface area contributed by atoms with Crippen LogP contribution >= 0.6 is 11.3 Å². The third-order valence-corrected chi connectivity index (χ3v) is 7.97. The average Bonchev–Trinajstić information content (AvgIpc) is 3.44. The number of halogens is 2. The molecule has 3 fully saturated rings. The van der Waals surface area contributed by atoms with Crippen molar-refractivity contribution in [2.75, 3.05) is 13.1 Å². The molecular formula is C20H24F2N4O3S. The molecule has 7 nitrogen and oxygen atoms in total. The number of urea groups is 1. The van der Waals surface area contributed by atoms with Gasteiger partial charge in [-0.05, 0) is 30.7 Å². The Labute approximate surface area is 175 Å². The molecule has 2 aromatic heterocycles. The topological polar surface area (TPSA) is 76.3 Å². The van der Waals surface area contributed by atoms with Crippen LogP contribution in [0.15, 0.2) is 9.59 Å². The van der Waals surface area contributed by atoms with Gasteiger partial charge in [0.1, 0.15) is 4.83 Å². The smallest absolute Gasteiger partial charge is 0.332 e. The molecule has 1 saturated heterocycles. The Kier molecular flexibility index (Phi) is 4.20. The Morgan fingerprint density at radius 3 is 2.47 bits per heavy atom. The van der Waals surface area contributed by atoms with Gasteiger partial charge in [0.2, 0.25) is 0 Å². The first-order valence-corrected chi connectivity index (χ1v) is 11.1. The molecule has 30 heavy (non-hydrogen) atoms. The molecule has 10 heteroatoms. The molecule has 2 aromatic rings. The van der Waals surface area contributed by atoms with E-state index in [4.69, 9.17) is 0 Å². The number of nitrogens with one attached hydrogen (secondary N) is 1. The zero-order valence-corrected chi connectivity index (χ0v) is 17.8. The molecule has 0 spiro atoms. The quantitative estimate of drug-likeness (QED) is 0.753. The maximum absolute atomic E-state index is 13.6. The molecule has 0 radical (unpaired) electrons. The van der Waals surface area contributed by atoms with Crippen LogP contribution in [-0.2, 0) is 19.6 Å². The molecule has 2 saturated carbocycles. The fourth-order valence-corrected chi connectivity index (χ4v) is 5.48. The Hall–Kier alpha value is -2.23. The van der Waals surface area contributed by atoms with Crippen LogP contribution in [-0.4, -0.2) is 39.1 Å². The number of carbonyl (C=O) groups excluding carboxylic acids is 1. The Balaban J connectivity index is 1.64. The number of fused-ring (bicyclic) bond motifs is 1. The maximum atomic E-state index is 13.6. The van der Waals surface area contributed by atoms with Crippen molar-refractivity contribution < 1.29 is 13.6 Å². The molecule has 2 aliphatic carbocycles. The van der Waals surface area contributed by atoms with Gasteiger partial charge in [0, 0.05) is 43.4 Å². The normalized spacial score (nSPS) is 23.8. The summed E-state index contributed by atoms with van der Waals surface area (Å²) in [4.78, 5) is 41.4. The standard InChI is InChI=1S/C20H24F2N4O3S/c1-11-13(9-24-6-5-23-17(24)28)30-16-14(11)15(27)26(10-19(2)3-4-19)18(29)25(16)8-12-7-20(12,21)22/h12H,3-10H2,1-2H3,(H,23,28). The maximum Gasteiger partial charge on any atom is 0.332 e. The largest absolute Gasteiger partial charge is 0.336 e. The van der Waals surface area contributed by atoms with Crippen molar-refractivity contribution in [1.82, 2.24) is 19.4 Å². The van der Waals surface area contributed by atoms with E-state index >= 15 is 0 Å². The van der Waals surface area contributed by atoms with E-state index in [-0.39, 0.29) is 30.0 Å². The van der Waals surface area contributed by atoms with E-state index in [0.29, 0.717) is 36.4 Å². The van der Waals surface area contributed by atoms with Crippen molar-refractivity contribution in [2.45, 2.75) is 58.7 Å². The number of carbonyl (C=O) groups is 1. The van der Waals surface area contributed by atoms with Crippen molar-refractivity contribution in [3.05, 3.63) is 31.3 Å². The Morgan fingerprint density at radius 1 is 1.20 bits per heavy atom. The minimum absolute atomic E-state index is 0.0849. The van der Waals surface area contributed by atoms with Gasteiger partial charge >= 0.3 is 11.7 Å². The lowest BCUT2D eigenvalue weighted by atomic mass is 10.1. The molecule has 1 aliphatic heterocycles. The number of aromatic nitrogens is 2. The summed E-state index contributed by atoms with van der Waals surface area (Å²) in [5.74, 6) is -3.63. The highest BCUT2D eigenvalue weighted by Crippen LogP contribution is 2.50. The highest BCUT2D eigenvalue weighted by molar-refractivity contribution is 7.18. The Morgan fingerprint density at radius 2 is 1.90 bits per heavy atom. The molecular weight excluding hydrogens is 414 g/mol. The number of hydrogen-bond acceptors (Lipinski definition) is 4. The minimum atomic E-state index is -2.75. The lowest BCUT2D eigenvalue weighted by Gasteiger charge is -2.15. The molecule has 2 amide bonds. The van der Waals surface area contributed by atoms with Crippen LogP contribution in [0.4, 0.5) is 13.6 Å². The highest BCUT2D eigenvalue weighted by Gasteiger charge is 2.57. The van der Waals surface area contributed by atoms with Gasteiger partial charge in [0.05, 0.1) is 11.9 Å². The summed E-state index contributed by atoms with van der Waals surface area (Å²) in [5.41, 5.74) is -0.216. The predicted octanol–water partition coefficient (Wildman–Crippen LogP) is 2.51. The summed E-state index contributed by atoms with van der Waals surface area (Å²) in [6.45, 7) is 5.52. The number of rotatable bonds is 6.